The Morgan fingerprint density at radius 3 is 2.50 bits per heavy atom. The van der Waals surface area contributed by atoms with Gasteiger partial charge in [0.1, 0.15) is 17.3 Å². The van der Waals surface area contributed by atoms with Crippen molar-refractivity contribution in [3.8, 4) is 11.5 Å². The van der Waals surface area contributed by atoms with Gasteiger partial charge in [-0.05, 0) is 18.2 Å². The molecule has 1 amide bonds. The molecule has 2 rings (SSSR count). The Kier molecular flexibility index (Phi) is 5.28. The predicted octanol–water partition coefficient (Wildman–Crippen LogP) is 3.66. The number of amides is 1. The molecule has 0 aliphatic rings. The lowest BCUT2D eigenvalue weighted by atomic mass is 10.1. The summed E-state index contributed by atoms with van der Waals surface area (Å²) in [6, 6.07) is 8.96. The Hall–Kier alpha value is -2.77. The minimum absolute atomic E-state index is 0.165. The van der Waals surface area contributed by atoms with Crippen LogP contribution < -0.4 is 14.8 Å². The van der Waals surface area contributed by atoms with Gasteiger partial charge >= 0.3 is 6.36 Å². The number of hydrogen-bond donors (Lipinski definition) is 1. The molecule has 0 unspecified atom stereocenters. The summed E-state index contributed by atoms with van der Waals surface area (Å²) in [5.74, 6) is -1.73. The first-order valence-corrected chi connectivity index (χ1v) is 6.75. The number of rotatable bonds is 5. The summed E-state index contributed by atoms with van der Waals surface area (Å²) in [7, 11) is 1.38. The van der Waals surface area contributed by atoms with Crippen molar-refractivity contribution < 1.29 is 31.8 Å². The van der Waals surface area contributed by atoms with E-state index in [-0.39, 0.29) is 17.7 Å². The van der Waals surface area contributed by atoms with Crippen LogP contribution in [0.4, 0.5) is 17.6 Å². The van der Waals surface area contributed by atoms with Gasteiger partial charge < -0.3 is 14.8 Å². The van der Waals surface area contributed by atoms with Crippen molar-refractivity contribution in [2.24, 2.45) is 0 Å². The lowest BCUT2D eigenvalue weighted by Gasteiger charge is -2.13. The topological polar surface area (TPSA) is 47.6 Å². The van der Waals surface area contributed by atoms with E-state index in [1.165, 1.54) is 37.4 Å². The molecule has 2 aromatic rings. The molecule has 0 radical (unpaired) electrons. The summed E-state index contributed by atoms with van der Waals surface area (Å²) >= 11 is 0. The molecule has 0 atom stereocenters. The first-order chi connectivity index (χ1) is 11.3. The highest BCUT2D eigenvalue weighted by atomic mass is 19.4. The SMILES string of the molecule is COc1ccc(CNC(=O)c2ccccc2OC(F)(F)F)c(F)c1. The van der Waals surface area contributed by atoms with Gasteiger partial charge in [0.25, 0.3) is 5.91 Å². The van der Waals surface area contributed by atoms with Gasteiger partial charge in [-0.15, -0.1) is 13.2 Å². The molecule has 128 valence electrons. The molecule has 0 bridgehead atoms. The Labute approximate surface area is 135 Å². The molecule has 8 heteroatoms. The summed E-state index contributed by atoms with van der Waals surface area (Å²) in [5, 5.41) is 2.35. The van der Waals surface area contributed by atoms with Crippen LogP contribution in [0, 0.1) is 5.82 Å². The average molecular weight is 343 g/mol. The third-order valence-corrected chi connectivity index (χ3v) is 3.06. The maximum atomic E-state index is 13.8. The minimum Gasteiger partial charge on any atom is -0.497 e. The molecular formula is C16H13F4NO3. The van der Waals surface area contributed by atoms with E-state index in [0.717, 1.165) is 12.1 Å². The van der Waals surface area contributed by atoms with Crippen LogP contribution in [0.15, 0.2) is 42.5 Å². The minimum atomic E-state index is -4.92. The van der Waals surface area contributed by atoms with Gasteiger partial charge in [-0.1, -0.05) is 18.2 Å². The molecule has 0 spiro atoms. The molecule has 2 aromatic carbocycles. The normalized spacial score (nSPS) is 11.0. The molecule has 0 aromatic heterocycles. The van der Waals surface area contributed by atoms with Crippen LogP contribution in [0.2, 0.25) is 0 Å². The van der Waals surface area contributed by atoms with Gasteiger partial charge in [-0.25, -0.2) is 4.39 Å². The Balaban J connectivity index is 2.11. The third kappa shape index (κ3) is 4.61. The summed E-state index contributed by atoms with van der Waals surface area (Å²) in [5.41, 5.74) is -0.137. The number of methoxy groups -OCH3 is 1. The van der Waals surface area contributed by atoms with Crippen molar-refractivity contribution in [2.75, 3.05) is 7.11 Å². The standard InChI is InChI=1S/C16H13F4NO3/c1-23-11-7-6-10(13(17)8-11)9-21-15(22)12-4-2-3-5-14(12)24-16(18,19)20/h2-8H,9H2,1H3,(H,21,22). The number of para-hydroxylation sites is 1. The Bertz CT molecular complexity index is 732. The fourth-order valence-electron chi connectivity index (χ4n) is 1.94. The largest absolute Gasteiger partial charge is 0.573 e. The van der Waals surface area contributed by atoms with E-state index in [1.54, 1.807) is 0 Å². The summed E-state index contributed by atoms with van der Waals surface area (Å²) in [6.45, 7) is -0.199. The molecule has 0 saturated carbocycles. The quantitative estimate of drug-likeness (QED) is 0.843. The molecule has 0 aliphatic heterocycles. The lowest BCUT2D eigenvalue weighted by molar-refractivity contribution is -0.274. The molecule has 0 aliphatic carbocycles. The van der Waals surface area contributed by atoms with Crippen LogP contribution >= 0.6 is 0 Å². The maximum Gasteiger partial charge on any atom is 0.573 e. The van der Waals surface area contributed by atoms with Gasteiger partial charge in [-0.3, -0.25) is 4.79 Å². The van der Waals surface area contributed by atoms with Crippen LogP contribution in [0.5, 0.6) is 11.5 Å². The van der Waals surface area contributed by atoms with E-state index in [1.807, 2.05) is 0 Å². The number of alkyl halides is 3. The van der Waals surface area contributed by atoms with E-state index >= 15 is 0 Å². The van der Waals surface area contributed by atoms with Crippen molar-refractivity contribution in [1.29, 1.82) is 0 Å². The highest BCUT2D eigenvalue weighted by Gasteiger charge is 2.32. The van der Waals surface area contributed by atoms with E-state index in [9.17, 15) is 22.4 Å². The van der Waals surface area contributed by atoms with Gasteiger partial charge in [0.2, 0.25) is 0 Å². The monoisotopic (exact) mass is 343 g/mol. The molecular weight excluding hydrogens is 330 g/mol. The summed E-state index contributed by atoms with van der Waals surface area (Å²) < 4.78 is 59.5. The van der Waals surface area contributed by atoms with Crippen LogP contribution in [0.3, 0.4) is 0 Å². The number of carbonyl (C=O) groups is 1. The fourth-order valence-corrected chi connectivity index (χ4v) is 1.94. The van der Waals surface area contributed by atoms with Crippen LogP contribution in [-0.4, -0.2) is 19.4 Å². The highest BCUT2D eigenvalue weighted by Crippen LogP contribution is 2.26. The first-order valence-electron chi connectivity index (χ1n) is 6.75. The van der Waals surface area contributed by atoms with E-state index < -0.39 is 23.8 Å². The molecule has 4 nitrogen and oxygen atoms in total. The molecule has 0 heterocycles. The zero-order valence-electron chi connectivity index (χ0n) is 12.5. The van der Waals surface area contributed by atoms with E-state index in [0.29, 0.717) is 5.75 Å². The van der Waals surface area contributed by atoms with Gasteiger partial charge in [-0.2, -0.15) is 0 Å². The van der Waals surface area contributed by atoms with Crippen LogP contribution in [0.1, 0.15) is 15.9 Å². The number of benzene rings is 2. The summed E-state index contributed by atoms with van der Waals surface area (Å²) in [6.07, 6.45) is -4.92. The van der Waals surface area contributed by atoms with Crippen molar-refractivity contribution in [2.45, 2.75) is 12.9 Å². The van der Waals surface area contributed by atoms with Crippen molar-refractivity contribution in [3.63, 3.8) is 0 Å². The van der Waals surface area contributed by atoms with Crippen molar-refractivity contribution in [1.82, 2.24) is 5.32 Å². The van der Waals surface area contributed by atoms with E-state index in [4.69, 9.17) is 4.74 Å². The molecule has 0 fully saturated rings. The van der Waals surface area contributed by atoms with Gasteiger partial charge in [0.15, 0.2) is 0 Å². The van der Waals surface area contributed by atoms with Crippen LogP contribution in [0.25, 0.3) is 0 Å². The number of carbonyl (C=O) groups excluding carboxylic acids is 1. The fraction of sp³-hybridized carbons (Fsp3) is 0.188. The number of ether oxygens (including phenoxy) is 2. The maximum absolute atomic E-state index is 13.8. The Morgan fingerprint density at radius 2 is 1.88 bits per heavy atom. The van der Waals surface area contributed by atoms with E-state index in [2.05, 4.69) is 10.1 Å². The zero-order chi connectivity index (χ0) is 17.7. The highest BCUT2D eigenvalue weighted by molar-refractivity contribution is 5.96. The molecule has 0 saturated heterocycles. The molecule has 1 N–H and O–H groups in total. The number of nitrogens with one attached hydrogen (secondary N) is 1. The second-order valence-corrected chi connectivity index (χ2v) is 4.68. The molecule has 24 heavy (non-hydrogen) atoms. The smallest absolute Gasteiger partial charge is 0.497 e. The Morgan fingerprint density at radius 1 is 1.17 bits per heavy atom. The van der Waals surface area contributed by atoms with Crippen molar-refractivity contribution in [3.05, 3.63) is 59.4 Å². The number of halogens is 4. The lowest BCUT2D eigenvalue weighted by Crippen LogP contribution is -2.25. The third-order valence-electron chi connectivity index (χ3n) is 3.06. The summed E-state index contributed by atoms with van der Waals surface area (Å²) in [4.78, 5) is 12.1. The first kappa shape index (κ1) is 17.6. The van der Waals surface area contributed by atoms with Crippen molar-refractivity contribution >= 4 is 5.91 Å². The average Bonchev–Trinajstić information content (AvgIpc) is 2.52. The second kappa shape index (κ2) is 7.20. The number of hydrogen-bond acceptors (Lipinski definition) is 3. The van der Waals surface area contributed by atoms with Crippen LogP contribution in [-0.2, 0) is 6.54 Å². The van der Waals surface area contributed by atoms with Gasteiger partial charge in [0, 0.05) is 18.2 Å². The van der Waals surface area contributed by atoms with Gasteiger partial charge in [0.05, 0.1) is 12.7 Å². The zero-order valence-corrected chi connectivity index (χ0v) is 12.5. The second-order valence-electron chi connectivity index (χ2n) is 4.68. The predicted molar refractivity (Wildman–Crippen MR) is 77.2 cm³/mol.